The number of carbonyl (C=O) groups is 1. The van der Waals surface area contributed by atoms with E-state index in [1.165, 1.54) is 23.3 Å². The summed E-state index contributed by atoms with van der Waals surface area (Å²) in [5.74, 6) is -0.551. The summed E-state index contributed by atoms with van der Waals surface area (Å²) < 4.78 is 23.1. The molecule has 1 aliphatic heterocycles. The average molecular weight is 464 g/mol. The topological polar surface area (TPSA) is 195 Å². The number of rotatable bonds is 7. The molecule has 6 N–H and O–H groups in total. The van der Waals surface area contributed by atoms with Crippen LogP contribution in [0.1, 0.15) is 23.0 Å². The van der Waals surface area contributed by atoms with Crippen molar-refractivity contribution in [3.05, 3.63) is 42.5 Å². The van der Waals surface area contributed by atoms with Gasteiger partial charge in [0.15, 0.2) is 22.8 Å². The number of phosphoric ester groups is 1. The van der Waals surface area contributed by atoms with E-state index in [1.807, 2.05) is 0 Å². The number of fused-ring (bicyclic) bond motifs is 1. The normalized spacial score (nSPS) is 23.5. The van der Waals surface area contributed by atoms with E-state index < -0.39 is 38.1 Å². The molecule has 14 heteroatoms. The van der Waals surface area contributed by atoms with Crippen LogP contribution in [0.5, 0.6) is 0 Å². The molecule has 170 valence electrons. The molecule has 3 aromatic rings. The van der Waals surface area contributed by atoms with Crippen molar-refractivity contribution < 1.29 is 33.5 Å². The van der Waals surface area contributed by atoms with E-state index in [4.69, 9.17) is 20.3 Å². The Labute approximate surface area is 181 Å². The van der Waals surface area contributed by atoms with Crippen molar-refractivity contribution in [1.29, 1.82) is 0 Å². The summed E-state index contributed by atoms with van der Waals surface area (Å²) in [5, 5.41) is 14.3. The van der Waals surface area contributed by atoms with Crippen molar-refractivity contribution in [2.75, 3.05) is 24.7 Å². The molecule has 32 heavy (non-hydrogen) atoms. The van der Waals surface area contributed by atoms with Gasteiger partial charge in [0.2, 0.25) is 0 Å². The van der Waals surface area contributed by atoms with Gasteiger partial charge in [-0.2, -0.15) is 0 Å². The standard InChI is InChI=1S/C18H21N6O7P/c1-20-11-5-3-2-4-10(11)15(25)18(26)6-13(31-12(18)7-30-32(27,28)29)24-9-23-14-16(19)21-8-22-17(14)24/h2-5,8-9,12-13,20,26H,6-7H2,1H3,(H2,19,21,22)(H2,27,28,29)/t12-,13-,18+/m1/s1. The van der Waals surface area contributed by atoms with Crippen molar-refractivity contribution in [3.63, 3.8) is 0 Å². The van der Waals surface area contributed by atoms with Gasteiger partial charge in [0.05, 0.1) is 12.9 Å². The first-order valence-electron chi connectivity index (χ1n) is 9.46. The van der Waals surface area contributed by atoms with Gasteiger partial charge in [-0.25, -0.2) is 19.5 Å². The maximum atomic E-state index is 13.4. The number of nitrogens with zero attached hydrogens (tertiary/aromatic N) is 4. The number of nitrogens with two attached hydrogens (primary N) is 1. The van der Waals surface area contributed by atoms with Crippen molar-refractivity contribution in [2.24, 2.45) is 0 Å². The SMILES string of the molecule is CNc1ccccc1C(=O)[C@]1(O)C[C@H](n2cnc3c(N)ncnc32)O[C@@H]1COP(=O)(O)O. The van der Waals surface area contributed by atoms with Crippen molar-refractivity contribution in [3.8, 4) is 0 Å². The first kappa shape index (κ1) is 22.3. The third-order valence-electron chi connectivity index (χ3n) is 5.27. The van der Waals surface area contributed by atoms with Crippen LogP contribution in [0.4, 0.5) is 11.5 Å². The van der Waals surface area contributed by atoms with Gasteiger partial charge in [-0.05, 0) is 12.1 Å². The van der Waals surface area contributed by atoms with E-state index in [9.17, 15) is 14.5 Å². The zero-order valence-corrected chi connectivity index (χ0v) is 17.7. The molecule has 0 spiro atoms. The van der Waals surface area contributed by atoms with Crippen LogP contribution in [0, 0.1) is 0 Å². The first-order chi connectivity index (χ1) is 15.1. The number of hydrogen-bond acceptors (Lipinski definition) is 10. The molecular formula is C18H21N6O7P. The van der Waals surface area contributed by atoms with E-state index in [0.29, 0.717) is 16.9 Å². The number of aromatic nitrogens is 4. The Balaban J connectivity index is 1.73. The fourth-order valence-corrected chi connectivity index (χ4v) is 4.04. The van der Waals surface area contributed by atoms with Crippen LogP contribution >= 0.6 is 7.82 Å². The number of aliphatic hydroxyl groups is 1. The molecule has 1 aliphatic rings. The molecule has 0 unspecified atom stereocenters. The van der Waals surface area contributed by atoms with Crippen molar-refractivity contribution in [2.45, 2.75) is 24.4 Å². The van der Waals surface area contributed by atoms with E-state index in [2.05, 4.69) is 24.8 Å². The number of ether oxygens (including phenoxy) is 1. The van der Waals surface area contributed by atoms with Crippen LogP contribution < -0.4 is 11.1 Å². The predicted molar refractivity (Wildman–Crippen MR) is 112 cm³/mol. The summed E-state index contributed by atoms with van der Waals surface area (Å²) in [7, 11) is -3.26. The second kappa shape index (κ2) is 8.20. The first-order valence-corrected chi connectivity index (χ1v) is 11.0. The lowest BCUT2D eigenvalue weighted by atomic mass is 9.85. The number of Topliss-reactive ketones (excluding diaryl/α,β-unsaturated/α-hetero) is 1. The lowest BCUT2D eigenvalue weighted by Crippen LogP contribution is -2.48. The molecule has 1 aromatic carbocycles. The van der Waals surface area contributed by atoms with Gasteiger partial charge in [-0.3, -0.25) is 13.9 Å². The van der Waals surface area contributed by atoms with Gasteiger partial charge >= 0.3 is 7.82 Å². The molecule has 13 nitrogen and oxygen atoms in total. The quantitative estimate of drug-likeness (QED) is 0.240. The Hall–Kier alpha value is -2.93. The summed E-state index contributed by atoms with van der Waals surface area (Å²) in [6.07, 6.45) is 0.0113. The molecular weight excluding hydrogens is 443 g/mol. The van der Waals surface area contributed by atoms with Gasteiger partial charge in [0, 0.05) is 24.7 Å². The second-order valence-electron chi connectivity index (χ2n) is 7.20. The minimum absolute atomic E-state index is 0.141. The number of hydrogen-bond donors (Lipinski definition) is 5. The van der Waals surface area contributed by atoms with E-state index in [0.717, 1.165) is 0 Å². The Morgan fingerprint density at radius 2 is 2.12 bits per heavy atom. The zero-order valence-electron chi connectivity index (χ0n) is 16.8. The van der Waals surface area contributed by atoms with Crippen LogP contribution in [-0.2, 0) is 13.8 Å². The minimum Gasteiger partial charge on any atom is -0.388 e. The van der Waals surface area contributed by atoms with Crippen LogP contribution in [0.3, 0.4) is 0 Å². The fourth-order valence-electron chi connectivity index (χ4n) is 3.71. The van der Waals surface area contributed by atoms with Crippen LogP contribution in [-0.4, -0.2) is 65.6 Å². The Morgan fingerprint density at radius 1 is 1.38 bits per heavy atom. The Morgan fingerprint density at radius 3 is 2.84 bits per heavy atom. The highest BCUT2D eigenvalue weighted by atomic mass is 31.2. The monoisotopic (exact) mass is 464 g/mol. The van der Waals surface area contributed by atoms with Crippen LogP contribution in [0.15, 0.2) is 36.9 Å². The van der Waals surface area contributed by atoms with Crippen molar-refractivity contribution in [1.82, 2.24) is 19.5 Å². The van der Waals surface area contributed by atoms with Crippen LogP contribution in [0.25, 0.3) is 11.2 Å². The number of anilines is 2. The van der Waals surface area contributed by atoms with E-state index >= 15 is 0 Å². The molecule has 3 heterocycles. The molecule has 1 fully saturated rings. The lowest BCUT2D eigenvalue weighted by Gasteiger charge is -2.27. The number of para-hydroxylation sites is 1. The highest BCUT2D eigenvalue weighted by Crippen LogP contribution is 2.44. The number of nitrogens with one attached hydrogen (secondary N) is 1. The third-order valence-corrected chi connectivity index (χ3v) is 5.75. The molecule has 1 saturated heterocycles. The van der Waals surface area contributed by atoms with Gasteiger partial charge in [0.25, 0.3) is 0 Å². The molecule has 4 rings (SSSR count). The smallest absolute Gasteiger partial charge is 0.388 e. The molecule has 0 saturated carbocycles. The fraction of sp³-hybridized carbons (Fsp3) is 0.333. The maximum Gasteiger partial charge on any atom is 0.469 e. The summed E-state index contributed by atoms with van der Waals surface area (Å²) in [5.41, 5.74) is 4.92. The second-order valence-corrected chi connectivity index (χ2v) is 8.44. The van der Waals surface area contributed by atoms with Gasteiger partial charge < -0.3 is 30.7 Å². The summed E-state index contributed by atoms with van der Waals surface area (Å²) >= 11 is 0. The summed E-state index contributed by atoms with van der Waals surface area (Å²) in [6, 6.07) is 6.54. The highest BCUT2D eigenvalue weighted by molar-refractivity contribution is 7.46. The van der Waals surface area contributed by atoms with E-state index in [-0.39, 0.29) is 17.8 Å². The maximum absolute atomic E-state index is 13.4. The minimum atomic E-state index is -4.89. The number of imidazole rings is 1. The largest absolute Gasteiger partial charge is 0.469 e. The van der Waals surface area contributed by atoms with Crippen molar-refractivity contribution >= 4 is 36.3 Å². The lowest BCUT2D eigenvalue weighted by molar-refractivity contribution is -0.0662. The zero-order chi connectivity index (χ0) is 23.1. The summed E-state index contributed by atoms with van der Waals surface area (Å²) in [4.78, 5) is 43.8. The predicted octanol–water partition coefficient (Wildman–Crippen LogP) is 0.461. The number of phosphoric acid groups is 1. The molecule has 0 aliphatic carbocycles. The number of ketones is 1. The third kappa shape index (κ3) is 3.97. The van der Waals surface area contributed by atoms with E-state index in [1.54, 1.807) is 25.2 Å². The molecule has 0 bridgehead atoms. The Kier molecular flexibility index (Phi) is 5.71. The molecule has 3 atom stereocenters. The summed E-state index contributed by atoms with van der Waals surface area (Å²) in [6.45, 7) is -0.728. The molecule has 2 aromatic heterocycles. The van der Waals surface area contributed by atoms with Crippen LogP contribution in [0.2, 0.25) is 0 Å². The molecule has 0 amide bonds. The number of nitrogen functional groups attached to an aromatic ring is 1. The van der Waals surface area contributed by atoms with Gasteiger partial charge in [-0.1, -0.05) is 12.1 Å². The number of benzene rings is 1. The van der Waals surface area contributed by atoms with Gasteiger partial charge in [-0.15, -0.1) is 0 Å². The highest BCUT2D eigenvalue weighted by Gasteiger charge is 2.54. The Bertz CT molecular complexity index is 1210. The average Bonchev–Trinajstić information content (AvgIpc) is 3.33. The molecule has 0 radical (unpaired) electrons. The van der Waals surface area contributed by atoms with Gasteiger partial charge in [0.1, 0.15) is 24.2 Å². The number of carbonyl (C=O) groups excluding carboxylic acids is 1.